The lowest BCUT2D eigenvalue weighted by atomic mass is 10.4. The Morgan fingerprint density at radius 2 is 2.47 bits per heavy atom. The lowest BCUT2D eigenvalue weighted by Gasteiger charge is -2.05. The smallest absolute Gasteiger partial charge is 0.258 e. The molecular formula is C10H9ClN2O2. The molecule has 4 nitrogen and oxygen atoms in total. The summed E-state index contributed by atoms with van der Waals surface area (Å²) in [4.78, 5) is 14.9. The summed E-state index contributed by atoms with van der Waals surface area (Å²) in [6, 6.07) is 1.57. The van der Waals surface area contributed by atoms with Gasteiger partial charge in [0.25, 0.3) is 5.91 Å². The SMILES string of the molecule is C#CCNC(=O)COc1cncc(Cl)c1. The van der Waals surface area contributed by atoms with Crippen LogP contribution >= 0.6 is 11.6 Å². The topological polar surface area (TPSA) is 51.2 Å². The monoisotopic (exact) mass is 224 g/mol. The number of terminal acetylenes is 1. The van der Waals surface area contributed by atoms with E-state index in [0.29, 0.717) is 10.8 Å². The van der Waals surface area contributed by atoms with Gasteiger partial charge in [-0.15, -0.1) is 6.42 Å². The van der Waals surface area contributed by atoms with E-state index in [-0.39, 0.29) is 19.1 Å². The third-order valence-corrected chi connectivity index (χ3v) is 1.64. The van der Waals surface area contributed by atoms with E-state index in [2.05, 4.69) is 16.2 Å². The van der Waals surface area contributed by atoms with Crippen LogP contribution in [-0.4, -0.2) is 24.0 Å². The molecule has 0 unspecified atom stereocenters. The van der Waals surface area contributed by atoms with Crippen LogP contribution in [0.3, 0.4) is 0 Å². The Bertz CT molecular complexity index is 387. The normalized spacial score (nSPS) is 9.07. The number of pyridine rings is 1. The molecule has 0 aromatic carbocycles. The summed E-state index contributed by atoms with van der Waals surface area (Å²) >= 11 is 5.67. The van der Waals surface area contributed by atoms with Gasteiger partial charge in [-0.05, 0) is 0 Å². The van der Waals surface area contributed by atoms with Crippen molar-refractivity contribution in [3.8, 4) is 18.1 Å². The molecule has 0 bridgehead atoms. The van der Waals surface area contributed by atoms with Crippen LogP contribution in [0.25, 0.3) is 0 Å². The van der Waals surface area contributed by atoms with Crippen molar-refractivity contribution < 1.29 is 9.53 Å². The predicted octanol–water partition coefficient (Wildman–Crippen LogP) is 0.863. The summed E-state index contributed by atoms with van der Waals surface area (Å²) in [5.41, 5.74) is 0. The fourth-order valence-corrected chi connectivity index (χ4v) is 0.985. The lowest BCUT2D eigenvalue weighted by molar-refractivity contribution is -0.122. The van der Waals surface area contributed by atoms with Crippen molar-refractivity contribution in [1.82, 2.24) is 10.3 Å². The van der Waals surface area contributed by atoms with E-state index in [1.807, 2.05) is 0 Å². The largest absolute Gasteiger partial charge is 0.482 e. The van der Waals surface area contributed by atoms with Crippen LogP contribution in [0.1, 0.15) is 0 Å². The molecule has 5 heteroatoms. The van der Waals surface area contributed by atoms with Crippen molar-refractivity contribution in [2.24, 2.45) is 0 Å². The van der Waals surface area contributed by atoms with E-state index in [9.17, 15) is 4.79 Å². The van der Waals surface area contributed by atoms with Gasteiger partial charge in [0.15, 0.2) is 6.61 Å². The molecule has 0 atom stereocenters. The van der Waals surface area contributed by atoms with E-state index in [0.717, 1.165) is 0 Å². The average molecular weight is 225 g/mol. The molecule has 78 valence electrons. The first-order valence-corrected chi connectivity index (χ1v) is 4.53. The molecule has 1 N–H and O–H groups in total. The number of rotatable bonds is 4. The molecule has 0 aliphatic carbocycles. The van der Waals surface area contributed by atoms with E-state index in [4.69, 9.17) is 22.8 Å². The van der Waals surface area contributed by atoms with E-state index >= 15 is 0 Å². The van der Waals surface area contributed by atoms with Gasteiger partial charge in [0, 0.05) is 12.3 Å². The maximum Gasteiger partial charge on any atom is 0.258 e. The van der Waals surface area contributed by atoms with Crippen molar-refractivity contribution in [3.05, 3.63) is 23.5 Å². The van der Waals surface area contributed by atoms with Crippen molar-refractivity contribution in [1.29, 1.82) is 0 Å². The lowest BCUT2D eigenvalue weighted by Crippen LogP contribution is -2.29. The molecule has 0 aliphatic rings. The second-order valence-electron chi connectivity index (χ2n) is 2.61. The minimum absolute atomic E-state index is 0.107. The number of ether oxygens (including phenoxy) is 1. The van der Waals surface area contributed by atoms with Crippen LogP contribution in [0.15, 0.2) is 18.5 Å². The van der Waals surface area contributed by atoms with Crippen LogP contribution < -0.4 is 10.1 Å². The van der Waals surface area contributed by atoms with Gasteiger partial charge in [0.05, 0.1) is 17.8 Å². The van der Waals surface area contributed by atoms with Gasteiger partial charge in [-0.3, -0.25) is 9.78 Å². The molecular weight excluding hydrogens is 216 g/mol. The number of carbonyl (C=O) groups excluding carboxylic acids is 1. The number of nitrogens with one attached hydrogen (secondary N) is 1. The molecule has 0 aliphatic heterocycles. The molecule has 1 aromatic rings. The van der Waals surface area contributed by atoms with Gasteiger partial charge in [-0.25, -0.2) is 0 Å². The molecule has 1 aromatic heterocycles. The second kappa shape index (κ2) is 5.89. The van der Waals surface area contributed by atoms with Gasteiger partial charge in [-0.1, -0.05) is 17.5 Å². The van der Waals surface area contributed by atoms with Gasteiger partial charge in [0.2, 0.25) is 0 Å². The van der Waals surface area contributed by atoms with Gasteiger partial charge < -0.3 is 10.1 Å². The first-order valence-electron chi connectivity index (χ1n) is 4.16. The summed E-state index contributed by atoms with van der Waals surface area (Å²) in [5.74, 6) is 2.44. The zero-order valence-corrected chi connectivity index (χ0v) is 8.62. The van der Waals surface area contributed by atoms with Gasteiger partial charge >= 0.3 is 0 Å². The summed E-state index contributed by atoms with van der Waals surface area (Å²) in [6.07, 6.45) is 7.92. The quantitative estimate of drug-likeness (QED) is 0.772. The summed E-state index contributed by atoms with van der Waals surface area (Å²) in [5, 5.41) is 2.92. The van der Waals surface area contributed by atoms with Crippen molar-refractivity contribution >= 4 is 17.5 Å². The summed E-state index contributed by atoms with van der Waals surface area (Å²) in [6.45, 7) is 0.0830. The third-order valence-electron chi connectivity index (χ3n) is 1.44. The van der Waals surface area contributed by atoms with Crippen LogP contribution in [0.4, 0.5) is 0 Å². The van der Waals surface area contributed by atoms with Crippen molar-refractivity contribution in [2.45, 2.75) is 0 Å². The van der Waals surface area contributed by atoms with Crippen LogP contribution in [0, 0.1) is 12.3 Å². The number of amides is 1. The molecule has 0 fully saturated rings. The second-order valence-corrected chi connectivity index (χ2v) is 3.04. The fraction of sp³-hybridized carbons (Fsp3) is 0.200. The molecule has 15 heavy (non-hydrogen) atoms. The first kappa shape index (κ1) is 11.3. The van der Waals surface area contributed by atoms with E-state index < -0.39 is 0 Å². The summed E-state index contributed by atoms with van der Waals surface area (Å²) < 4.78 is 5.12. The molecule has 0 saturated carbocycles. The Labute approximate surface area is 92.6 Å². The predicted molar refractivity (Wildman–Crippen MR) is 56.6 cm³/mol. The number of nitrogens with zero attached hydrogens (tertiary/aromatic N) is 1. The maximum absolute atomic E-state index is 11.1. The standard InChI is InChI=1S/C10H9ClN2O2/c1-2-3-13-10(14)7-15-9-4-8(11)5-12-6-9/h1,4-6H,3,7H2,(H,13,14). The maximum atomic E-state index is 11.1. The molecule has 0 spiro atoms. The third kappa shape index (κ3) is 4.34. The highest BCUT2D eigenvalue weighted by Gasteiger charge is 2.01. The van der Waals surface area contributed by atoms with E-state index in [1.54, 1.807) is 6.07 Å². The summed E-state index contributed by atoms with van der Waals surface area (Å²) in [7, 11) is 0. The highest BCUT2D eigenvalue weighted by Crippen LogP contribution is 2.14. The first-order chi connectivity index (χ1) is 7.22. The minimum Gasteiger partial charge on any atom is -0.482 e. The Morgan fingerprint density at radius 1 is 1.67 bits per heavy atom. The van der Waals surface area contributed by atoms with Gasteiger partial charge in [0.1, 0.15) is 5.75 Å². The molecule has 0 saturated heterocycles. The van der Waals surface area contributed by atoms with Crippen LogP contribution in [-0.2, 0) is 4.79 Å². The molecule has 1 heterocycles. The number of hydrogen-bond acceptors (Lipinski definition) is 3. The number of halogens is 1. The van der Waals surface area contributed by atoms with Crippen LogP contribution in [0.5, 0.6) is 5.75 Å². The highest BCUT2D eigenvalue weighted by atomic mass is 35.5. The number of aromatic nitrogens is 1. The molecule has 1 rings (SSSR count). The zero-order chi connectivity index (χ0) is 11.1. The van der Waals surface area contributed by atoms with Crippen molar-refractivity contribution in [2.75, 3.05) is 13.2 Å². The fourth-order valence-electron chi connectivity index (χ4n) is 0.821. The number of carbonyl (C=O) groups is 1. The molecule has 1 amide bonds. The average Bonchev–Trinajstić information content (AvgIpc) is 2.23. The Balaban J connectivity index is 2.37. The highest BCUT2D eigenvalue weighted by molar-refractivity contribution is 6.30. The number of hydrogen-bond donors (Lipinski definition) is 1. The molecule has 0 radical (unpaired) electrons. The van der Waals surface area contributed by atoms with Crippen molar-refractivity contribution in [3.63, 3.8) is 0 Å². The Kier molecular flexibility index (Phi) is 4.45. The van der Waals surface area contributed by atoms with Gasteiger partial charge in [-0.2, -0.15) is 0 Å². The van der Waals surface area contributed by atoms with E-state index in [1.165, 1.54) is 12.4 Å². The minimum atomic E-state index is -0.284. The van der Waals surface area contributed by atoms with Crippen LogP contribution in [0.2, 0.25) is 5.02 Å². The Hall–Kier alpha value is -1.73. The zero-order valence-electron chi connectivity index (χ0n) is 7.87. The Morgan fingerprint density at radius 3 is 3.13 bits per heavy atom.